The summed E-state index contributed by atoms with van der Waals surface area (Å²) in [4.78, 5) is 14.5. The van der Waals surface area contributed by atoms with Gasteiger partial charge in [0.05, 0.1) is 11.6 Å². The smallest absolute Gasteiger partial charge is 0.247 e. The van der Waals surface area contributed by atoms with E-state index in [2.05, 4.69) is 15.9 Å². The Kier molecular flexibility index (Phi) is 6.10. The Morgan fingerprint density at radius 3 is 2.88 bits per heavy atom. The minimum Gasteiger partial charge on any atom is -0.496 e. The van der Waals surface area contributed by atoms with E-state index in [9.17, 15) is 4.79 Å². The van der Waals surface area contributed by atoms with Gasteiger partial charge in [-0.3, -0.25) is 4.79 Å². The van der Waals surface area contributed by atoms with Crippen LogP contribution in [0.3, 0.4) is 0 Å². The number of halogens is 2. The van der Waals surface area contributed by atoms with Crippen molar-refractivity contribution in [2.45, 2.75) is 5.37 Å². The van der Waals surface area contributed by atoms with Gasteiger partial charge in [0.25, 0.3) is 0 Å². The molecule has 1 unspecified atom stereocenters. The average molecular weight is 439 g/mol. The standard InChI is InChI=1S/C19H17BrClNO2S/c1-24-17-8-6-14(12-15(17)20)19-22(10-11-25-19)18(23)9-7-13-4-2-3-5-16(13)21/h2-9,12,19H,10-11H2,1H3/b9-7+. The molecule has 0 aromatic heterocycles. The minimum absolute atomic E-state index is 0.00519. The van der Waals surface area contributed by atoms with Crippen LogP contribution in [0.15, 0.2) is 53.0 Å². The highest BCUT2D eigenvalue weighted by molar-refractivity contribution is 9.10. The molecule has 1 fully saturated rings. The van der Waals surface area contributed by atoms with E-state index >= 15 is 0 Å². The van der Waals surface area contributed by atoms with Crippen LogP contribution < -0.4 is 4.74 Å². The van der Waals surface area contributed by atoms with Crippen molar-refractivity contribution in [1.29, 1.82) is 0 Å². The van der Waals surface area contributed by atoms with Crippen molar-refractivity contribution in [3.8, 4) is 5.75 Å². The molecule has 3 nitrogen and oxygen atoms in total. The van der Waals surface area contributed by atoms with Gasteiger partial charge in [-0.05, 0) is 51.3 Å². The quantitative estimate of drug-likeness (QED) is 0.599. The molecular formula is C19H17BrClNO2S. The summed E-state index contributed by atoms with van der Waals surface area (Å²) in [5, 5.41) is 0.642. The van der Waals surface area contributed by atoms with Crippen molar-refractivity contribution in [3.05, 3.63) is 69.2 Å². The second-order valence-corrected chi connectivity index (χ2v) is 7.95. The van der Waals surface area contributed by atoms with E-state index in [1.54, 1.807) is 31.0 Å². The van der Waals surface area contributed by atoms with Crippen LogP contribution in [0, 0.1) is 0 Å². The van der Waals surface area contributed by atoms with E-state index in [4.69, 9.17) is 16.3 Å². The predicted octanol–water partition coefficient (Wildman–Crippen LogP) is 5.40. The van der Waals surface area contributed by atoms with Gasteiger partial charge in [0.1, 0.15) is 11.1 Å². The summed E-state index contributed by atoms with van der Waals surface area (Å²) in [5.41, 5.74) is 1.92. The average Bonchev–Trinajstić information content (AvgIpc) is 3.10. The maximum atomic E-state index is 12.7. The largest absolute Gasteiger partial charge is 0.496 e. The Bertz CT molecular complexity index is 812. The zero-order chi connectivity index (χ0) is 17.8. The van der Waals surface area contributed by atoms with Gasteiger partial charge in [0.15, 0.2) is 0 Å². The van der Waals surface area contributed by atoms with Crippen LogP contribution in [0.1, 0.15) is 16.5 Å². The van der Waals surface area contributed by atoms with Gasteiger partial charge in [-0.15, -0.1) is 11.8 Å². The number of hydrogen-bond donors (Lipinski definition) is 0. The summed E-state index contributed by atoms with van der Waals surface area (Å²) in [6.45, 7) is 0.727. The molecule has 1 heterocycles. The molecule has 0 aliphatic carbocycles. The molecule has 3 rings (SSSR count). The lowest BCUT2D eigenvalue weighted by atomic mass is 10.2. The lowest BCUT2D eigenvalue weighted by Gasteiger charge is -2.23. The molecule has 0 saturated carbocycles. The molecule has 130 valence electrons. The van der Waals surface area contributed by atoms with E-state index in [1.165, 1.54) is 0 Å². The van der Waals surface area contributed by atoms with Gasteiger partial charge >= 0.3 is 0 Å². The number of carbonyl (C=O) groups is 1. The molecule has 0 bridgehead atoms. The van der Waals surface area contributed by atoms with Gasteiger partial charge in [-0.25, -0.2) is 0 Å². The number of hydrogen-bond acceptors (Lipinski definition) is 3. The SMILES string of the molecule is COc1ccc(C2SCCN2C(=O)/C=C/c2ccccc2Cl)cc1Br. The summed E-state index contributed by atoms with van der Waals surface area (Å²) in [6.07, 6.45) is 3.37. The normalized spacial score (nSPS) is 17.2. The first-order chi connectivity index (χ1) is 12.1. The van der Waals surface area contributed by atoms with Gasteiger partial charge in [0.2, 0.25) is 5.91 Å². The van der Waals surface area contributed by atoms with Crippen LogP contribution in [0.25, 0.3) is 6.08 Å². The fourth-order valence-corrected chi connectivity index (χ4v) is 4.69. The second-order valence-electron chi connectivity index (χ2n) is 5.50. The number of amides is 1. The van der Waals surface area contributed by atoms with Crippen LogP contribution in [-0.2, 0) is 4.79 Å². The van der Waals surface area contributed by atoms with Crippen LogP contribution in [0.5, 0.6) is 5.75 Å². The van der Waals surface area contributed by atoms with Gasteiger partial charge in [-0.2, -0.15) is 0 Å². The van der Waals surface area contributed by atoms with E-state index in [-0.39, 0.29) is 11.3 Å². The summed E-state index contributed by atoms with van der Waals surface area (Å²) in [5.74, 6) is 1.69. The number of nitrogens with zero attached hydrogens (tertiary/aromatic N) is 1. The van der Waals surface area contributed by atoms with E-state index < -0.39 is 0 Å². The highest BCUT2D eigenvalue weighted by atomic mass is 79.9. The Morgan fingerprint density at radius 1 is 1.36 bits per heavy atom. The summed E-state index contributed by atoms with van der Waals surface area (Å²) in [7, 11) is 1.64. The van der Waals surface area contributed by atoms with Crippen LogP contribution in [0.2, 0.25) is 5.02 Å². The molecule has 25 heavy (non-hydrogen) atoms. The molecule has 0 spiro atoms. The van der Waals surface area contributed by atoms with Crippen molar-refractivity contribution in [2.75, 3.05) is 19.4 Å². The Balaban J connectivity index is 1.78. The van der Waals surface area contributed by atoms with Crippen molar-refractivity contribution < 1.29 is 9.53 Å². The van der Waals surface area contributed by atoms with E-state index in [1.807, 2.05) is 47.4 Å². The zero-order valence-corrected chi connectivity index (χ0v) is 16.8. The third kappa shape index (κ3) is 4.22. The van der Waals surface area contributed by atoms with Crippen molar-refractivity contribution in [2.24, 2.45) is 0 Å². The Morgan fingerprint density at radius 2 is 2.16 bits per heavy atom. The zero-order valence-electron chi connectivity index (χ0n) is 13.6. The highest BCUT2D eigenvalue weighted by Gasteiger charge is 2.29. The lowest BCUT2D eigenvalue weighted by molar-refractivity contribution is -0.126. The van der Waals surface area contributed by atoms with Gasteiger partial charge < -0.3 is 9.64 Å². The fourth-order valence-electron chi connectivity index (χ4n) is 2.68. The summed E-state index contributed by atoms with van der Waals surface area (Å²) < 4.78 is 6.17. The first-order valence-corrected chi connectivity index (χ1v) is 10.0. The maximum Gasteiger partial charge on any atom is 0.247 e. The number of benzene rings is 2. The number of methoxy groups -OCH3 is 1. The van der Waals surface area contributed by atoms with Crippen molar-refractivity contribution in [1.82, 2.24) is 4.90 Å². The Hall–Kier alpha value is -1.43. The van der Waals surface area contributed by atoms with Crippen LogP contribution >= 0.6 is 39.3 Å². The second kappa shape index (κ2) is 8.30. The molecule has 2 aromatic carbocycles. The molecule has 2 aromatic rings. The van der Waals surface area contributed by atoms with Crippen LogP contribution in [-0.4, -0.2) is 30.2 Å². The third-order valence-electron chi connectivity index (χ3n) is 3.95. The first kappa shape index (κ1) is 18.4. The van der Waals surface area contributed by atoms with E-state index in [0.717, 1.165) is 33.6 Å². The first-order valence-electron chi connectivity index (χ1n) is 7.78. The summed E-state index contributed by atoms with van der Waals surface area (Å²) >= 11 is 11.4. The molecule has 1 saturated heterocycles. The molecular weight excluding hydrogens is 422 g/mol. The third-order valence-corrected chi connectivity index (χ3v) is 6.17. The summed E-state index contributed by atoms with van der Waals surface area (Å²) in [6, 6.07) is 13.4. The van der Waals surface area contributed by atoms with Gasteiger partial charge in [-0.1, -0.05) is 35.9 Å². The molecule has 1 amide bonds. The van der Waals surface area contributed by atoms with Crippen molar-refractivity contribution in [3.63, 3.8) is 0 Å². The molecule has 0 N–H and O–H groups in total. The monoisotopic (exact) mass is 437 g/mol. The number of thioether (sulfide) groups is 1. The molecule has 1 aliphatic heterocycles. The number of rotatable bonds is 4. The predicted molar refractivity (Wildman–Crippen MR) is 108 cm³/mol. The van der Waals surface area contributed by atoms with Crippen molar-refractivity contribution >= 4 is 51.3 Å². The fraction of sp³-hybridized carbons (Fsp3) is 0.211. The lowest BCUT2D eigenvalue weighted by Crippen LogP contribution is -2.28. The van der Waals surface area contributed by atoms with Crippen LogP contribution in [0.4, 0.5) is 0 Å². The molecule has 1 atom stereocenters. The maximum absolute atomic E-state index is 12.7. The molecule has 0 radical (unpaired) electrons. The molecule has 6 heteroatoms. The highest BCUT2D eigenvalue weighted by Crippen LogP contribution is 2.40. The molecule has 1 aliphatic rings. The number of carbonyl (C=O) groups excluding carboxylic acids is 1. The number of ether oxygens (including phenoxy) is 1. The van der Waals surface area contributed by atoms with Gasteiger partial charge in [0, 0.05) is 23.4 Å². The topological polar surface area (TPSA) is 29.5 Å². The Labute approximate surface area is 165 Å². The van der Waals surface area contributed by atoms with E-state index in [0.29, 0.717) is 5.02 Å². The minimum atomic E-state index is -0.0122.